The number of nitrogens with zero attached hydrogens (tertiary/aromatic N) is 3. The highest BCUT2D eigenvalue weighted by Gasteiger charge is 2.12. The molecule has 3 N–H and O–H groups in total. The molecule has 3 rings (SSSR count). The van der Waals surface area contributed by atoms with E-state index in [-0.39, 0.29) is 0 Å². The van der Waals surface area contributed by atoms with Crippen molar-refractivity contribution in [3.8, 4) is 11.3 Å². The van der Waals surface area contributed by atoms with Gasteiger partial charge in [0.15, 0.2) is 0 Å². The van der Waals surface area contributed by atoms with E-state index < -0.39 is 6.03 Å². The Labute approximate surface area is 135 Å². The van der Waals surface area contributed by atoms with Crippen molar-refractivity contribution in [2.75, 3.05) is 17.7 Å². The second kappa shape index (κ2) is 6.99. The van der Waals surface area contributed by atoms with E-state index in [9.17, 15) is 4.79 Å². The van der Waals surface area contributed by atoms with Crippen LogP contribution in [0.4, 0.5) is 15.6 Å². The van der Waals surface area contributed by atoms with E-state index in [1.807, 2.05) is 30.3 Å². The van der Waals surface area contributed by atoms with E-state index in [2.05, 4.69) is 31.0 Å². The fourth-order valence-corrected chi connectivity index (χ4v) is 2.65. The smallest absolute Gasteiger partial charge is 0.325 e. The number of ether oxygens (including phenoxy) is 1. The molecule has 0 unspecified atom stereocenters. The van der Waals surface area contributed by atoms with E-state index >= 15 is 0 Å². The van der Waals surface area contributed by atoms with Gasteiger partial charge in [-0.05, 0) is 0 Å². The molecule has 2 aromatic heterocycles. The fourth-order valence-electron chi connectivity index (χ4n) is 1.94. The van der Waals surface area contributed by atoms with Crippen LogP contribution in [0.15, 0.2) is 36.5 Å². The number of urea groups is 1. The second-order valence-electron chi connectivity index (χ2n) is 4.54. The molecule has 0 saturated carbocycles. The standard InChI is InChI=1S/C14H14N6O2S/c1-22-8-11-18-20-14(23-11)17-13(21)16-10-7-15-19-12(10)9-5-3-2-4-6-9/h2-7H,8H2,1H3,(H,15,19)(H2,16,17,20,21). The number of hydrogen-bond acceptors (Lipinski definition) is 6. The number of rotatable bonds is 5. The number of anilines is 2. The van der Waals surface area contributed by atoms with Gasteiger partial charge in [-0.25, -0.2) is 4.79 Å². The van der Waals surface area contributed by atoms with Crippen LogP contribution in [0.25, 0.3) is 11.3 Å². The van der Waals surface area contributed by atoms with Crippen LogP contribution in [0.1, 0.15) is 5.01 Å². The molecule has 0 atom stereocenters. The number of H-pyrrole nitrogens is 1. The van der Waals surface area contributed by atoms with Gasteiger partial charge in [0.05, 0.1) is 17.6 Å². The molecular formula is C14H14N6O2S. The monoisotopic (exact) mass is 330 g/mol. The number of hydrogen-bond donors (Lipinski definition) is 3. The third-order valence-corrected chi connectivity index (χ3v) is 3.72. The molecule has 9 heteroatoms. The van der Waals surface area contributed by atoms with Crippen LogP contribution in [0, 0.1) is 0 Å². The Morgan fingerprint density at radius 2 is 2.09 bits per heavy atom. The first-order valence-corrected chi connectivity index (χ1v) is 7.56. The number of aromatic nitrogens is 4. The Morgan fingerprint density at radius 1 is 1.26 bits per heavy atom. The van der Waals surface area contributed by atoms with Crippen LogP contribution >= 0.6 is 11.3 Å². The number of benzene rings is 1. The van der Waals surface area contributed by atoms with Gasteiger partial charge in [0.25, 0.3) is 0 Å². The van der Waals surface area contributed by atoms with Gasteiger partial charge < -0.3 is 10.1 Å². The molecule has 0 aliphatic carbocycles. The lowest BCUT2D eigenvalue weighted by Gasteiger charge is -2.05. The van der Waals surface area contributed by atoms with Crippen molar-refractivity contribution in [1.29, 1.82) is 0 Å². The molecule has 0 saturated heterocycles. The number of aromatic amines is 1. The molecule has 0 fully saturated rings. The predicted octanol–water partition coefficient (Wildman–Crippen LogP) is 2.72. The quantitative estimate of drug-likeness (QED) is 0.667. The molecule has 0 aliphatic heterocycles. The van der Waals surface area contributed by atoms with Crippen molar-refractivity contribution >= 4 is 28.2 Å². The maximum Gasteiger partial charge on any atom is 0.325 e. The maximum atomic E-state index is 12.1. The first kappa shape index (κ1) is 15.1. The summed E-state index contributed by atoms with van der Waals surface area (Å²) < 4.78 is 4.96. The molecule has 0 spiro atoms. The zero-order valence-corrected chi connectivity index (χ0v) is 13.1. The highest BCUT2D eigenvalue weighted by atomic mass is 32.1. The summed E-state index contributed by atoms with van der Waals surface area (Å²) in [5.41, 5.74) is 2.24. The average Bonchev–Trinajstić information content (AvgIpc) is 3.18. The zero-order valence-electron chi connectivity index (χ0n) is 12.2. The molecule has 1 aromatic carbocycles. The minimum Gasteiger partial charge on any atom is -0.377 e. The van der Waals surface area contributed by atoms with Gasteiger partial charge in [-0.15, -0.1) is 10.2 Å². The Balaban J connectivity index is 1.68. The Kier molecular flexibility index (Phi) is 4.60. The maximum absolute atomic E-state index is 12.1. The van der Waals surface area contributed by atoms with Crippen LogP contribution in [0.3, 0.4) is 0 Å². The largest absolute Gasteiger partial charge is 0.377 e. The predicted molar refractivity (Wildman–Crippen MR) is 87.3 cm³/mol. The Morgan fingerprint density at radius 3 is 2.87 bits per heavy atom. The van der Waals surface area contributed by atoms with Gasteiger partial charge in [-0.3, -0.25) is 10.4 Å². The summed E-state index contributed by atoms with van der Waals surface area (Å²) in [6.45, 7) is 0.362. The highest BCUT2D eigenvalue weighted by Crippen LogP contribution is 2.25. The summed E-state index contributed by atoms with van der Waals surface area (Å²) in [6.07, 6.45) is 1.55. The summed E-state index contributed by atoms with van der Waals surface area (Å²) >= 11 is 1.26. The van der Waals surface area contributed by atoms with Crippen LogP contribution in [-0.2, 0) is 11.3 Å². The van der Waals surface area contributed by atoms with Crippen molar-refractivity contribution < 1.29 is 9.53 Å². The lowest BCUT2D eigenvalue weighted by molar-refractivity contribution is 0.184. The number of carbonyl (C=O) groups excluding carboxylic acids is 1. The molecule has 0 aliphatic rings. The van der Waals surface area contributed by atoms with E-state index in [0.717, 1.165) is 11.3 Å². The minimum atomic E-state index is -0.413. The molecule has 0 radical (unpaired) electrons. The zero-order chi connectivity index (χ0) is 16.1. The van der Waals surface area contributed by atoms with Gasteiger partial charge in [0.1, 0.15) is 11.6 Å². The molecule has 8 nitrogen and oxygen atoms in total. The fraction of sp³-hybridized carbons (Fsp3) is 0.143. The van der Waals surface area contributed by atoms with Gasteiger partial charge in [-0.1, -0.05) is 41.7 Å². The third-order valence-electron chi connectivity index (χ3n) is 2.91. The lowest BCUT2D eigenvalue weighted by Crippen LogP contribution is -2.19. The number of nitrogens with one attached hydrogen (secondary N) is 3. The van der Waals surface area contributed by atoms with Crippen LogP contribution in [0.5, 0.6) is 0 Å². The van der Waals surface area contributed by atoms with Crippen LogP contribution < -0.4 is 10.6 Å². The topological polar surface area (TPSA) is 105 Å². The molecule has 3 aromatic rings. The van der Waals surface area contributed by atoms with Crippen molar-refractivity contribution in [3.63, 3.8) is 0 Å². The summed E-state index contributed by atoms with van der Waals surface area (Å²) in [4.78, 5) is 12.1. The molecular weight excluding hydrogens is 316 g/mol. The summed E-state index contributed by atoms with van der Waals surface area (Å²) in [5.74, 6) is 0. The number of amides is 2. The van der Waals surface area contributed by atoms with Crippen molar-refractivity contribution in [3.05, 3.63) is 41.5 Å². The number of methoxy groups -OCH3 is 1. The normalized spacial score (nSPS) is 10.5. The molecule has 118 valence electrons. The lowest BCUT2D eigenvalue weighted by atomic mass is 10.1. The van der Waals surface area contributed by atoms with Gasteiger partial charge in [0.2, 0.25) is 5.13 Å². The highest BCUT2D eigenvalue weighted by molar-refractivity contribution is 7.15. The first-order valence-electron chi connectivity index (χ1n) is 6.74. The molecule has 23 heavy (non-hydrogen) atoms. The summed E-state index contributed by atoms with van der Waals surface area (Å²) in [7, 11) is 1.57. The van der Waals surface area contributed by atoms with E-state index in [0.29, 0.717) is 22.4 Å². The SMILES string of the molecule is COCc1nnc(NC(=O)Nc2cn[nH]c2-c2ccccc2)s1. The van der Waals surface area contributed by atoms with Crippen molar-refractivity contribution in [2.24, 2.45) is 0 Å². The average molecular weight is 330 g/mol. The second-order valence-corrected chi connectivity index (χ2v) is 5.60. The molecule has 0 bridgehead atoms. The van der Waals surface area contributed by atoms with Gasteiger partial charge in [0, 0.05) is 12.7 Å². The third kappa shape index (κ3) is 3.71. The van der Waals surface area contributed by atoms with Gasteiger partial charge >= 0.3 is 6.03 Å². The molecule has 2 amide bonds. The molecule has 2 heterocycles. The number of carbonyl (C=O) groups is 1. The van der Waals surface area contributed by atoms with Gasteiger partial charge in [-0.2, -0.15) is 5.10 Å². The van der Waals surface area contributed by atoms with Crippen LogP contribution in [-0.4, -0.2) is 33.5 Å². The van der Waals surface area contributed by atoms with E-state index in [4.69, 9.17) is 4.74 Å². The van der Waals surface area contributed by atoms with Crippen molar-refractivity contribution in [2.45, 2.75) is 6.61 Å². The van der Waals surface area contributed by atoms with Crippen LogP contribution in [0.2, 0.25) is 0 Å². The minimum absolute atomic E-state index is 0.362. The van der Waals surface area contributed by atoms with E-state index in [1.54, 1.807) is 13.3 Å². The van der Waals surface area contributed by atoms with E-state index in [1.165, 1.54) is 11.3 Å². The first-order chi connectivity index (χ1) is 11.3. The van der Waals surface area contributed by atoms with Crippen molar-refractivity contribution in [1.82, 2.24) is 20.4 Å². The summed E-state index contributed by atoms with van der Waals surface area (Å²) in [5, 5.41) is 21.1. The Hall–Kier alpha value is -2.78. The Bertz CT molecular complexity index is 785. The summed E-state index contributed by atoms with van der Waals surface area (Å²) in [6, 6.07) is 9.20.